The highest BCUT2D eigenvalue weighted by atomic mass is 19.4. The number of ether oxygens (including phenoxy) is 3. The summed E-state index contributed by atoms with van der Waals surface area (Å²) in [5.41, 5.74) is 3.21. The second-order valence-electron chi connectivity index (χ2n) is 7.98. The fourth-order valence-corrected chi connectivity index (χ4v) is 3.57. The summed E-state index contributed by atoms with van der Waals surface area (Å²) in [7, 11) is 2.91. The molecule has 0 atom stereocenters. The van der Waals surface area contributed by atoms with Gasteiger partial charge in [0.15, 0.2) is 23.0 Å². The van der Waals surface area contributed by atoms with E-state index < -0.39 is 6.36 Å². The van der Waals surface area contributed by atoms with Crippen LogP contribution < -0.4 is 14.2 Å². The van der Waals surface area contributed by atoms with Gasteiger partial charge in [0, 0.05) is 0 Å². The molecule has 4 aromatic rings. The molecule has 0 aliphatic carbocycles. The van der Waals surface area contributed by atoms with E-state index in [9.17, 15) is 23.4 Å². The van der Waals surface area contributed by atoms with Crippen molar-refractivity contribution in [2.24, 2.45) is 0 Å². The first-order valence-electron chi connectivity index (χ1n) is 11.2. The van der Waals surface area contributed by atoms with Crippen LogP contribution in [0.3, 0.4) is 0 Å². The van der Waals surface area contributed by atoms with E-state index in [-0.39, 0.29) is 17.2 Å². The predicted octanol–water partition coefficient (Wildman–Crippen LogP) is 6.54. The van der Waals surface area contributed by atoms with Crippen molar-refractivity contribution < 1.29 is 37.6 Å². The minimum absolute atomic E-state index is 0.00846. The molecule has 1 heterocycles. The number of aromatic hydroxyl groups is 2. The van der Waals surface area contributed by atoms with E-state index in [0.717, 1.165) is 11.1 Å². The van der Waals surface area contributed by atoms with Gasteiger partial charge in [-0.2, -0.15) is 5.10 Å². The van der Waals surface area contributed by atoms with Gasteiger partial charge in [0.05, 0.1) is 31.3 Å². The first-order valence-corrected chi connectivity index (χ1v) is 11.2. The van der Waals surface area contributed by atoms with Crippen molar-refractivity contribution in [1.82, 2.24) is 9.78 Å². The molecule has 0 saturated heterocycles. The van der Waals surface area contributed by atoms with E-state index in [1.165, 1.54) is 50.6 Å². The normalized spacial score (nSPS) is 11.8. The first-order chi connectivity index (χ1) is 18.1. The highest BCUT2D eigenvalue weighted by Crippen LogP contribution is 2.29. The van der Waals surface area contributed by atoms with Crippen LogP contribution in [0.25, 0.3) is 30.0 Å². The maximum Gasteiger partial charge on any atom is 0.573 e. The fraction of sp³-hybridized carbons (Fsp3) is 0.107. The van der Waals surface area contributed by atoms with E-state index in [1.807, 2.05) is 0 Å². The van der Waals surface area contributed by atoms with Crippen LogP contribution >= 0.6 is 0 Å². The maximum atomic E-state index is 12.6. The lowest BCUT2D eigenvalue weighted by Gasteiger charge is -2.10. The summed E-state index contributed by atoms with van der Waals surface area (Å²) in [4.78, 5) is 0. The lowest BCUT2D eigenvalue weighted by atomic mass is 10.1. The Labute approximate surface area is 216 Å². The zero-order valence-electron chi connectivity index (χ0n) is 20.3. The third-order valence-corrected chi connectivity index (χ3v) is 5.37. The molecule has 0 aliphatic rings. The number of halogens is 3. The van der Waals surface area contributed by atoms with Gasteiger partial charge in [-0.15, -0.1) is 13.2 Å². The Morgan fingerprint density at radius 1 is 0.737 bits per heavy atom. The van der Waals surface area contributed by atoms with Crippen molar-refractivity contribution in [2.75, 3.05) is 14.2 Å². The number of benzene rings is 3. The zero-order valence-corrected chi connectivity index (χ0v) is 20.3. The largest absolute Gasteiger partial charge is 0.573 e. The van der Waals surface area contributed by atoms with Crippen molar-refractivity contribution >= 4 is 24.3 Å². The fourth-order valence-electron chi connectivity index (χ4n) is 3.57. The second kappa shape index (κ2) is 11.0. The minimum Gasteiger partial charge on any atom is -0.504 e. The smallest absolute Gasteiger partial charge is 0.504 e. The van der Waals surface area contributed by atoms with Crippen LogP contribution in [-0.2, 0) is 0 Å². The van der Waals surface area contributed by atoms with Crippen LogP contribution in [0, 0.1) is 0 Å². The SMILES string of the molecule is COc1cc(/C=C/c2cc(/C=C/c3ccc(O)c(OC)c3)n(-c3ccc(OC(F)(F)F)cc3)n2)ccc1O. The molecule has 0 amide bonds. The summed E-state index contributed by atoms with van der Waals surface area (Å²) in [6, 6.07) is 16.9. The molecular weight excluding hydrogens is 501 g/mol. The zero-order chi connectivity index (χ0) is 27.3. The number of phenolic OH excluding ortho intramolecular Hbond substituents is 2. The molecule has 0 aliphatic heterocycles. The third-order valence-electron chi connectivity index (χ3n) is 5.37. The van der Waals surface area contributed by atoms with Gasteiger partial charge in [0.2, 0.25) is 0 Å². The van der Waals surface area contributed by atoms with Crippen molar-refractivity contribution in [1.29, 1.82) is 0 Å². The lowest BCUT2D eigenvalue weighted by molar-refractivity contribution is -0.274. The maximum absolute atomic E-state index is 12.6. The van der Waals surface area contributed by atoms with Gasteiger partial charge in [0.25, 0.3) is 0 Å². The summed E-state index contributed by atoms with van der Waals surface area (Å²) in [6.07, 6.45) is 2.31. The number of rotatable bonds is 8. The molecule has 0 bridgehead atoms. The van der Waals surface area contributed by atoms with Gasteiger partial charge in [-0.1, -0.05) is 24.3 Å². The molecule has 196 valence electrons. The molecule has 7 nitrogen and oxygen atoms in total. The number of alkyl halides is 3. The molecule has 0 saturated carbocycles. The average Bonchev–Trinajstić information content (AvgIpc) is 3.30. The number of hydrogen-bond donors (Lipinski definition) is 2. The van der Waals surface area contributed by atoms with Crippen LogP contribution in [-0.4, -0.2) is 40.6 Å². The van der Waals surface area contributed by atoms with E-state index >= 15 is 0 Å². The van der Waals surface area contributed by atoms with Crippen LogP contribution in [0.5, 0.6) is 28.7 Å². The van der Waals surface area contributed by atoms with Gasteiger partial charge in [-0.3, -0.25) is 0 Å². The van der Waals surface area contributed by atoms with Crippen LogP contribution in [0.15, 0.2) is 66.7 Å². The van der Waals surface area contributed by atoms with E-state index in [1.54, 1.807) is 59.3 Å². The summed E-state index contributed by atoms with van der Waals surface area (Å²) in [5.74, 6) is 0.322. The Morgan fingerprint density at radius 3 is 1.82 bits per heavy atom. The molecule has 1 aromatic heterocycles. The molecule has 0 fully saturated rings. The summed E-state index contributed by atoms with van der Waals surface area (Å²) in [6.45, 7) is 0. The van der Waals surface area contributed by atoms with Gasteiger partial charge >= 0.3 is 6.36 Å². The number of nitrogens with zero attached hydrogens (tertiary/aromatic N) is 2. The number of methoxy groups -OCH3 is 2. The average molecular weight is 524 g/mol. The monoisotopic (exact) mass is 524 g/mol. The van der Waals surface area contributed by atoms with Crippen molar-refractivity contribution in [2.45, 2.75) is 6.36 Å². The molecule has 2 N–H and O–H groups in total. The highest BCUT2D eigenvalue weighted by molar-refractivity contribution is 5.74. The van der Waals surface area contributed by atoms with Crippen LogP contribution in [0.4, 0.5) is 13.2 Å². The summed E-state index contributed by atoms with van der Waals surface area (Å²) >= 11 is 0. The van der Waals surface area contributed by atoms with Crippen molar-refractivity contribution in [3.63, 3.8) is 0 Å². The van der Waals surface area contributed by atoms with Gasteiger partial charge in [-0.25, -0.2) is 4.68 Å². The van der Waals surface area contributed by atoms with Crippen molar-refractivity contribution in [3.05, 3.63) is 89.2 Å². The molecule has 4 rings (SSSR count). The quantitative estimate of drug-likeness (QED) is 0.272. The minimum atomic E-state index is -4.79. The van der Waals surface area contributed by atoms with Gasteiger partial charge in [-0.05, 0) is 77.9 Å². The highest BCUT2D eigenvalue weighted by Gasteiger charge is 2.31. The Hall–Kier alpha value is -4.86. The van der Waals surface area contributed by atoms with E-state index in [0.29, 0.717) is 28.6 Å². The molecule has 0 unspecified atom stereocenters. The standard InChI is InChI=1S/C28H23F3N2O5/c1-36-26-15-18(5-13-24(26)34)3-7-20-17-22(8-4-19-6-14-25(35)27(16-19)37-2)33(32-20)21-9-11-23(12-10-21)38-28(29,30)31/h3-17,34-35H,1-2H3/b7-3+,8-4+. The number of aromatic nitrogens is 2. The lowest BCUT2D eigenvalue weighted by Crippen LogP contribution is -2.17. The molecular formula is C28H23F3N2O5. The Morgan fingerprint density at radius 2 is 1.29 bits per heavy atom. The molecule has 10 heteroatoms. The van der Waals surface area contributed by atoms with E-state index in [4.69, 9.17) is 9.47 Å². The number of phenols is 2. The summed E-state index contributed by atoms with van der Waals surface area (Å²) in [5, 5.41) is 24.2. The topological polar surface area (TPSA) is 86.0 Å². The second-order valence-corrected chi connectivity index (χ2v) is 7.98. The summed E-state index contributed by atoms with van der Waals surface area (Å²) < 4.78 is 53.5. The van der Waals surface area contributed by atoms with E-state index in [2.05, 4.69) is 9.84 Å². The Bertz CT molecular complexity index is 1480. The molecule has 3 aromatic carbocycles. The third kappa shape index (κ3) is 6.47. The van der Waals surface area contributed by atoms with Gasteiger partial charge in [0.1, 0.15) is 5.75 Å². The molecule has 38 heavy (non-hydrogen) atoms. The van der Waals surface area contributed by atoms with Crippen LogP contribution in [0.2, 0.25) is 0 Å². The number of hydrogen-bond acceptors (Lipinski definition) is 6. The Balaban J connectivity index is 1.69. The van der Waals surface area contributed by atoms with Crippen LogP contribution in [0.1, 0.15) is 22.5 Å². The molecule has 0 spiro atoms. The molecule has 0 radical (unpaired) electrons. The Kier molecular flexibility index (Phi) is 7.61. The van der Waals surface area contributed by atoms with Gasteiger partial charge < -0.3 is 24.4 Å². The van der Waals surface area contributed by atoms with Crippen molar-refractivity contribution in [3.8, 4) is 34.4 Å². The predicted molar refractivity (Wildman–Crippen MR) is 137 cm³/mol. The first kappa shape index (κ1) is 26.2.